The summed E-state index contributed by atoms with van der Waals surface area (Å²) in [4.78, 5) is 12.3. The fourth-order valence-electron chi connectivity index (χ4n) is 6.48. The van der Waals surface area contributed by atoms with Gasteiger partial charge in [-0.3, -0.25) is 4.79 Å². The van der Waals surface area contributed by atoms with E-state index in [0.717, 1.165) is 47.9 Å². The quantitative estimate of drug-likeness (QED) is 0.356. The van der Waals surface area contributed by atoms with Gasteiger partial charge in [-0.15, -0.1) is 0 Å². The van der Waals surface area contributed by atoms with Crippen LogP contribution in [0, 0.1) is 11.8 Å². The van der Waals surface area contributed by atoms with Crippen molar-refractivity contribution in [2.45, 2.75) is 143 Å². The highest BCUT2D eigenvalue weighted by atomic mass is 16.5. The number of benzene rings is 2. The molecule has 0 heterocycles. The summed E-state index contributed by atoms with van der Waals surface area (Å²) in [6.07, 6.45) is 3.39. The number of rotatable bonds is 5. The molecule has 0 spiro atoms. The van der Waals surface area contributed by atoms with Crippen molar-refractivity contribution in [3.63, 3.8) is 0 Å². The summed E-state index contributed by atoms with van der Waals surface area (Å²) in [7, 11) is 0. The minimum Gasteiger partial charge on any atom is -0.507 e. The van der Waals surface area contributed by atoms with Crippen molar-refractivity contribution >= 4 is 5.97 Å². The molecule has 4 heteroatoms. The molecular formula is C37H56O4. The Hall–Kier alpha value is -2.49. The van der Waals surface area contributed by atoms with Gasteiger partial charge in [0.25, 0.3) is 0 Å². The summed E-state index contributed by atoms with van der Waals surface area (Å²) in [5.74, 6) is 0.961. The largest absolute Gasteiger partial charge is 0.507 e. The molecule has 1 aliphatic rings. The summed E-state index contributed by atoms with van der Waals surface area (Å²) < 4.78 is 6.08. The molecule has 0 radical (unpaired) electrons. The highest BCUT2D eigenvalue weighted by molar-refractivity contribution is 5.66. The molecule has 1 aliphatic carbocycles. The Balaban J connectivity index is 2.00. The standard InChI is InChI=1S/C37H56O4/c1-22(38)41-33-25(16-23-18-27(34(2,3)4)31(39)28(19-23)35(5,6)7)14-15-26(33)17-24-20-29(36(8,9)10)32(40)30(21-24)37(11,12)13/h18-21,25-26,33,39-40H,14-17H2,1-13H3. The number of phenolic OH excluding ortho intramolecular Hbond substituents is 2. The molecule has 3 rings (SSSR count). The number of hydrogen-bond acceptors (Lipinski definition) is 4. The maximum Gasteiger partial charge on any atom is 0.302 e. The van der Waals surface area contributed by atoms with Crippen molar-refractivity contribution in [3.05, 3.63) is 57.6 Å². The fourth-order valence-corrected chi connectivity index (χ4v) is 6.48. The van der Waals surface area contributed by atoms with Crippen LogP contribution in [0.25, 0.3) is 0 Å². The molecule has 1 fully saturated rings. The first-order chi connectivity index (χ1) is 18.5. The molecule has 228 valence electrons. The monoisotopic (exact) mass is 564 g/mol. The van der Waals surface area contributed by atoms with Gasteiger partial charge in [0.15, 0.2) is 0 Å². The number of aromatic hydroxyl groups is 2. The van der Waals surface area contributed by atoms with Crippen molar-refractivity contribution in [3.8, 4) is 11.5 Å². The minimum atomic E-state index is -0.236. The Bertz CT molecular complexity index is 1100. The van der Waals surface area contributed by atoms with Crippen molar-refractivity contribution in [2.24, 2.45) is 11.8 Å². The smallest absolute Gasteiger partial charge is 0.302 e. The fraction of sp³-hybridized carbons (Fsp3) is 0.649. The van der Waals surface area contributed by atoms with E-state index in [9.17, 15) is 15.0 Å². The summed E-state index contributed by atoms with van der Waals surface area (Å²) >= 11 is 0. The van der Waals surface area contributed by atoms with Crippen LogP contribution in [0.1, 0.15) is 136 Å². The van der Waals surface area contributed by atoms with Gasteiger partial charge in [-0.05, 0) is 80.7 Å². The van der Waals surface area contributed by atoms with Gasteiger partial charge in [0.1, 0.15) is 17.6 Å². The molecule has 4 nitrogen and oxygen atoms in total. The maximum atomic E-state index is 12.3. The molecule has 0 aromatic heterocycles. The molecule has 1 saturated carbocycles. The number of carbonyl (C=O) groups excluding carboxylic acids is 1. The number of ether oxygens (including phenoxy) is 1. The molecular weight excluding hydrogens is 508 g/mol. The number of hydrogen-bond donors (Lipinski definition) is 2. The third kappa shape index (κ3) is 7.67. The summed E-state index contributed by atoms with van der Waals surface area (Å²) in [5.41, 5.74) is 5.47. The lowest BCUT2D eigenvalue weighted by atomic mass is 9.77. The molecule has 41 heavy (non-hydrogen) atoms. The molecule has 0 saturated heterocycles. The highest BCUT2D eigenvalue weighted by Gasteiger charge is 2.39. The average molecular weight is 565 g/mol. The Morgan fingerprint density at radius 2 is 0.902 bits per heavy atom. The number of esters is 1. The Kier molecular flexibility index (Phi) is 9.10. The molecule has 0 bridgehead atoms. The van der Waals surface area contributed by atoms with Crippen LogP contribution >= 0.6 is 0 Å². The van der Waals surface area contributed by atoms with Crippen molar-refractivity contribution in [1.29, 1.82) is 0 Å². The van der Waals surface area contributed by atoms with Gasteiger partial charge in [0.05, 0.1) is 0 Å². The van der Waals surface area contributed by atoms with E-state index in [2.05, 4.69) is 107 Å². The molecule has 2 unspecified atom stereocenters. The van der Waals surface area contributed by atoms with Gasteiger partial charge in [-0.25, -0.2) is 0 Å². The molecule has 0 amide bonds. The lowest BCUT2D eigenvalue weighted by Crippen LogP contribution is -2.30. The van der Waals surface area contributed by atoms with E-state index in [-0.39, 0.29) is 45.6 Å². The van der Waals surface area contributed by atoms with Gasteiger partial charge in [-0.2, -0.15) is 0 Å². The van der Waals surface area contributed by atoms with E-state index in [0.29, 0.717) is 11.5 Å². The summed E-state index contributed by atoms with van der Waals surface area (Å²) in [6.45, 7) is 27.2. The molecule has 2 aromatic rings. The van der Waals surface area contributed by atoms with E-state index >= 15 is 0 Å². The van der Waals surface area contributed by atoms with Gasteiger partial charge < -0.3 is 14.9 Å². The van der Waals surface area contributed by atoms with Gasteiger partial charge in [0, 0.05) is 18.8 Å². The van der Waals surface area contributed by atoms with Crippen LogP contribution in [0.5, 0.6) is 11.5 Å². The van der Waals surface area contributed by atoms with Crippen LogP contribution in [-0.2, 0) is 44.0 Å². The second-order valence-electron chi connectivity index (χ2n) is 16.7. The van der Waals surface area contributed by atoms with Gasteiger partial charge in [0.2, 0.25) is 0 Å². The van der Waals surface area contributed by atoms with Gasteiger partial charge >= 0.3 is 5.97 Å². The predicted octanol–water partition coefficient (Wildman–Crippen LogP) is 9.03. The minimum absolute atomic E-state index is 0.178. The molecule has 2 aromatic carbocycles. The van der Waals surface area contributed by atoms with E-state index < -0.39 is 0 Å². The Labute approximate surface area is 249 Å². The first-order valence-corrected chi connectivity index (χ1v) is 15.4. The van der Waals surface area contributed by atoms with Gasteiger partial charge in [-0.1, -0.05) is 107 Å². The first-order valence-electron chi connectivity index (χ1n) is 15.4. The van der Waals surface area contributed by atoms with Crippen LogP contribution in [-0.4, -0.2) is 22.3 Å². The zero-order chi connectivity index (χ0) is 31.3. The van der Waals surface area contributed by atoms with Crippen LogP contribution in [0.3, 0.4) is 0 Å². The van der Waals surface area contributed by atoms with E-state index in [1.807, 2.05) is 0 Å². The SMILES string of the molecule is CC(=O)OC1C(Cc2cc(C(C)(C)C)c(O)c(C(C)(C)C)c2)CCC1Cc1cc(C(C)(C)C)c(O)c(C(C)(C)C)c1. The van der Waals surface area contributed by atoms with Crippen LogP contribution < -0.4 is 0 Å². The zero-order valence-corrected chi connectivity index (χ0v) is 28.1. The van der Waals surface area contributed by atoms with Crippen molar-refractivity contribution < 1.29 is 19.7 Å². The highest BCUT2D eigenvalue weighted by Crippen LogP contribution is 2.44. The summed E-state index contributed by atoms with van der Waals surface area (Å²) in [6, 6.07) is 8.64. The molecule has 0 aliphatic heterocycles. The molecule has 2 atom stereocenters. The van der Waals surface area contributed by atoms with Crippen LogP contribution in [0.15, 0.2) is 24.3 Å². The normalized spacial score (nSPS) is 20.4. The second-order valence-corrected chi connectivity index (χ2v) is 16.7. The van der Waals surface area contributed by atoms with E-state index in [4.69, 9.17) is 4.74 Å². The second kappa shape index (κ2) is 11.3. The van der Waals surface area contributed by atoms with Crippen molar-refractivity contribution in [2.75, 3.05) is 0 Å². The lowest BCUT2D eigenvalue weighted by Gasteiger charge is -2.30. The Morgan fingerprint density at radius 1 is 0.634 bits per heavy atom. The number of carbonyl (C=O) groups is 1. The predicted molar refractivity (Wildman–Crippen MR) is 170 cm³/mol. The van der Waals surface area contributed by atoms with E-state index in [1.54, 1.807) is 0 Å². The van der Waals surface area contributed by atoms with Crippen LogP contribution in [0.2, 0.25) is 0 Å². The zero-order valence-electron chi connectivity index (χ0n) is 28.1. The average Bonchev–Trinajstić information content (AvgIpc) is 3.12. The maximum absolute atomic E-state index is 12.3. The summed E-state index contributed by atoms with van der Waals surface area (Å²) in [5, 5.41) is 22.4. The Morgan fingerprint density at radius 3 is 1.12 bits per heavy atom. The van der Waals surface area contributed by atoms with Crippen molar-refractivity contribution in [1.82, 2.24) is 0 Å². The third-order valence-corrected chi connectivity index (χ3v) is 8.71. The first kappa shape index (κ1) is 33.0. The third-order valence-electron chi connectivity index (χ3n) is 8.71. The lowest BCUT2D eigenvalue weighted by molar-refractivity contribution is -0.150. The van der Waals surface area contributed by atoms with E-state index in [1.165, 1.54) is 18.1 Å². The topological polar surface area (TPSA) is 66.8 Å². The van der Waals surface area contributed by atoms with Crippen LogP contribution in [0.4, 0.5) is 0 Å². The molecule has 2 N–H and O–H groups in total. The number of phenols is 2.